The Hall–Kier alpha value is -3.01. The largest absolute Gasteiger partial charge is 0.748 e. The maximum absolute atomic E-state index is 11.6. The summed E-state index contributed by atoms with van der Waals surface area (Å²) in [4.78, 5) is 16.8. The van der Waals surface area contributed by atoms with Gasteiger partial charge in [0, 0.05) is 144 Å². The van der Waals surface area contributed by atoms with Crippen molar-refractivity contribution in [2.75, 3.05) is 60.5 Å². The SMILES string of the molecule is C.COC[C@@H]1C(O)[C@H](OC[C@@H]2C(O)COC(C)[C@H]2O)OC(C)[C@H]1O.CO[C@@H]1OC(C)[C@@H](O)[C@H](CO[C@@H]2OC(C)[C@@H](OOS(=O)[O-])[C@H](CO[C@@H]3OC(C)[C@@H](O)[C@H](CO[C@@H]4OC(C)C[C@H](C)C4CO[C@H]4OC(C(=O)O)[C@@H](O)CC4(O)O)C3O)C2C)C1O.F.F.F.FF.FF.FF.FF.FF.FF.FF.FF.FF.O. The molecule has 7 fully saturated rings. The van der Waals surface area contributed by atoms with Crippen molar-refractivity contribution < 1.29 is 252 Å². The van der Waals surface area contributed by atoms with Crippen LogP contribution >= 0.6 is 0 Å². The second-order valence-electron chi connectivity index (χ2n) is 23.3. The molecule has 107 heavy (non-hydrogen) atoms. The molecule has 0 bridgehead atoms. The predicted octanol–water partition coefficient (Wildman–Crippen LogP) is 3.92. The van der Waals surface area contributed by atoms with Crippen LogP contribution in [0.2, 0.25) is 0 Å². The van der Waals surface area contributed by atoms with Crippen LogP contribution in [0.3, 0.4) is 0 Å². The van der Waals surface area contributed by atoms with E-state index in [1.807, 2.05) is 13.8 Å². The van der Waals surface area contributed by atoms with Gasteiger partial charge in [-0.15, -0.1) is 4.33 Å². The molecule has 54 heteroatoms. The van der Waals surface area contributed by atoms with Crippen molar-refractivity contribution in [3.8, 4) is 0 Å². The van der Waals surface area contributed by atoms with Crippen molar-refractivity contribution in [1.82, 2.24) is 0 Å². The number of aliphatic hydroxyl groups excluding tert-OH is 9. The van der Waals surface area contributed by atoms with Crippen molar-refractivity contribution in [1.29, 1.82) is 0 Å². The smallest absolute Gasteiger partial charge is 0.335 e. The first-order chi connectivity index (χ1) is 48.5. The van der Waals surface area contributed by atoms with E-state index in [0.717, 1.165) is 0 Å². The van der Waals surface area contributed by atoms with Crippen LogP contribution in [0.15, 0.2) is 0 Å². The number of aliphatic carboxylic acids is 1. The summed E-state index contributed by atoms with van der Waals surface area (Å²) in [5.74, 6) is -9.20. The molecule has 0 aromatic rings. The summed E-state index contributed by atoms with van der Waals surface area (Å²) in [6.45, 7) is 13.0. The van der Waals surface area contributed by atoms with E-state index in [0.29, 0.717) is 6.42 Å². The highest BCUT2D eigenvalue weighted by Gasteiger charge is 2.53. The molecule has 32 atom stereocenters. The molecule has 7 aliphatic heterocycles. The minimum absolute atomic E-state index is 0. The Morgan fingerprint density at radius 1 is 0.467 bits per heavy atom. The standard InChI is InChI=1S/C37H64O23S.C15H28O8.CH4.9F2.3FH.H2O/c1-14-8-15(2)54-33(20(14)10-53-36-37(45,46)9-24(38)30(58-36)31(43)44)51-13-23-26(40)18(5)56-35(28(23)42)52-11-21-16(3)32(57-19(6)29(21)59-60-61(47)48)50-12-22-25(39)17(4)55-34(49-7)27(22)41;1-7-12(17)9(11(16)6-21-7)5-22-15-14(19)10(4-20-3)13(18)8(2)23-15;;9*1-2;;;;/h14-30,32-36,38-42,45-46H,8-13H2,1-7H3,(H,43,44)(H,47,48);7-19H,4-6H2,1-3H3;1H4;;;;;;;;;;3*1H;1H2/p-1/t14-,15?,16?,17?,18?,19?,20?,21+,22-,23-,24-,25+,26+,27?,28?,29+,30?,32+,33+,34+,35+,36-;7?,8?,9-,10+,11?,12-,13-,14?,15-;;;;;;;;;;;;;;/m01............../s1. The number of hydrogen-bond acceptors (Lipinski definition) is 30. The molecule has 7 saturated heterocycles. The van der Waals surface area contributed by atoms with Gasteiger partial charge in [0.2, 0.25) is 12.1 Å². The van der Waals surface area contributed by atoms with Gasteiger partial charge in [0.25, 0.3) is 0 Å². The van der Waals surface area contributed by atoms with Crippen LogP contribution in [0.5, 0.6) is 0 Å². The Labute approximate surface area is 599 Å². The minimum Gasteiger partial charge on any atom is -0.748 e. The number of hydrogen-bond donors (Lipinski definition) is 12. The monoisotopic (exact) mass is 1680 g/mol. The zero-order chi connectivity index (χ0) is 80.2. The Bertz CT molecular complexity index is 2080. The normalized spacial score (nSPS) is 38.0. The summed E-state index contributed by atoms with van der Waals surface area (Å²) in [5, 5.41) is 125. The molecule has 32 nitrogen and oxygen atoms in total. The van der Waals surface area contributed by atoms with Gasteiger partial charge in [0.05, 0.1) is 119 Å². The molecule has 658 valence electrons. The highest BCUT2D eigenvalue weighted by Crippen LogP contribution is 2.40. The number of carboxylic acid groups (broad SMARTS) is 1. The fourth-order valence-electron chi connectivity index (χ4n) is 11.8. The van der Waals surface area contributed by atoms with E-state index in [9.17, 15) is 74.8 Å². The number of halogens is 21. The van der Waals surface area contributed by atoms with E-state index in [1.165, 1.54) is 14.2 Å². The van der Waals surface area contributed by atoms with Gasteiger partial charge < -0.3 is 138 Å². The molecule has 0 radical (unpaired) electrons. The summed E-state index contributed by atoms with van der Waals surface area (Å²) in [5.41, 5.74) is 0. The summed E-state index contributed by atoms with van der Waals surface area (Å²) in [6, 6.07) is 0. The van der Waals surface area contributed by atoms with Gasteiger partial charge in [0.15, 0.2) is 37.6 Å². The first-order valence-corrected chi connectivity index (χ1v) is 30.7. The third kappa shape index (κ3) is 37.2. The Kier molecular flexibility index (Phi) is 75.9. The lowest BCUT2D eigenvalue weighted by atomic mass is 9.83. The number of ether oxygens (including phenoxy) is 14. The van der Waals surface area contributed by atoms with Crippen LogP contribution in [-0.2, 0) is 91.7 Å². The molecule has 0 aromatic carbocycles. The van der Waals surface area contributed by atoms with Gasteiger partial charge in [-0.3, -0.25) is 14.1 Å². The lowest BCUT2D eigenvalue weighted by molar-refractivity contribution is -0.372. The first-order valence-electron chi connectivity index (χ1n) is 29.7. The van der Waals surface area contributed by atoms with Crippen LogP contribution in [0.25, 0.3) is 0 Å². The van der Waals surface area contributed by atoms with Crippen LogP contribution in [0.1, 0.15) is 75.7 Å². The van der Waals surface area contributed by atoms with Gasteiger partial charge in [0.1, 0.15) is 35.8 Å². The molecule has 14 unspecified atom stereocenters. The van der Waals surface area contributed by atoms with Gasteiger partial charge in [-0.05, 0) is 53.9 Å². The van der Waals surface area contributed by atoms with Crippen LogP contribution in [-0.4, -0.2) is 289 Å². The topological polar surface area (TPSA) is 479 Å². The van der Waals surface area contributed by atoms with Crippen molar-refractivity contribution in [3.63, 3.8) is 0 Å². The summed E-state index contributed by atoms with van der Waals surface area (Å²) >= 11 is -3.05. The van der Waals surface area contributed by atoms with Crippen molar-refractivity contribution in [2.24, 2.45) is 47.3 Å². The van der Waals surface area contributed by atoms with Crippen molar-refractivity contribution in [2.45, 2.75) is 223 Å². The summed E-state index contributed by atoms with van der Waals surface area (Å²) < 4.78 is 251. The molecule has 14 N–H and O–H groups in total. The summed E-state index contributed by atoms with van der Waals surface area (Å²) in [7, 11) is 2.85. The van der Waals surface area contributed by atoms with E-state index in [4.69, 9.17) is 154 Å². The molecule has 0 amide bonds. The zero-order valence-corrected chi connectivity index (χ0v) is 58.1. The molecule has 7 aliphatic rings. The van der Waals surface area contributed by atoms with E-state index < -0.39 is 206 Å². The Balaban J connectivity index is -0.000000250. The van der Waals surface area contributed by atoms with Crippen molar-refractivity contribution >= 4 is 17.3 Å². The predicted molar refractivity (Wildman–Crippen MR) is 314 cm³/mol. The fourth-order valence-corrected chi connectivity index (χ4v) is 12.0. The molecule has 0 aromatic heterocycles. The van der Waals surface area contributed by atoms with Crippen LogP contribution in [0, 0.1) is 47.3 Å². The molecule has 7 heterocycles. The molecule has 0 saturated carbocycles. The van der Waals surface area contributed by atoms with E-state index >= 15 is 0 Å². The highest BCUT2D eigenvalue weighted by molar-refractivity contribution is 7.73. The molecular formula is C53H100F21O32S-. The Morgan fingerprint density at radius 2 is 0.832 bits per heavy atom. The average molecular weight is 1680 g/mol. The minimum atomic E-state index is -3.05. The second kappa shape index (κ2) is 66.4. The lowest BCUT2D eigenvalue weighted by Crippen LogP contribution is -2.59. The number of rotatable bonds is 22. The third-order valence-corrected chi connectivity index (χ3v) is 17.4. The molecular weight excluding hydrogens is 1580 g/mol. The van der Waals surface area contributed by atoms with E-state index in [1.54, 1.807) is 41.5 Å². The number of methoxy groups -OCH3 is 2. The van der Waals surface area contributed by atoms with E-state index in [2.05, 4.69) is 4.33 Å². The maximum Gasteiger partial charge on any atom is 0.335 e. The highest BCUT2D eigenvalue weighted by atomic mass is 32.2. The molecule has 7 rings (SSSR count). The molecule has 0 spiro atoms. The quantitative estimate of drug-likeness (QED) is 0.0240. The first kappa shape index (κ1) is 122. The average Bonchev–Trinajstić information content (AvgIpc) is 0.797. The number of aliphatic hydroxyl groups is 11. The second-order valence-corrected chi connectivity index (χ2v) is 23.9. The fraction of sp³-hybridized carbons (Fsp3) is 0.981. The zero-order valence-electron chi connectivity index (χ0n) is 57.3. The number of carboxylic acids is 1. The van der Waals surface area contributed by atoms with Gasteiger partial charge in [-0.25, -0.2) is 13.9 Å². The van der Waals surface area contributed by atoms with Crippen LogP contribution < -0.4 is 0 Å². The van der Waals surface area contributed by atoms with Gasteiger partial charge >= 0.3 is 5.97 Å². The Morgan fingerprint density at radius 3 is 1.25 bits per heavy atom. The molecule has 0 aliphatic carbocycles. The van der Waals surface area contributed by atoms with E-state index in [-0.39, 0.29) is 85.3 Å². The lowest BCUT2D eigenvalue weighted by Gasteiger charge is -2.46. The van der Waals surface area contributed by atoms with Gasteiger partial charge in [-0.1, -0.05) is 21.3 Å². The maximum atomic E-state index is 11.6. The van der Waals surface area contributed by atoms with Crippen LogP contribution in [0.4, 0.5) is 96.4 Å². The number of carbonyl (C=O) groups is 1. The summed E-state index contributed by atoms with van der Waals surface area (Å²) in [6.07, 6.45) is -24.2. The van der Waals surface area contributed by atoms with Gasteiger partial charge in [-0.2, -0.15) is 0 Å². The van der Waals surface area contributed by atoms with Crippen molar-refractivity contribution in [3.05, 3.63) is 0 Å². The third-order valence-electron chi connectivity index (χ3n) is 17.2.